The Labute approximate surface area is 189 Å². The van der Waals surface area contributed by atoms with Crippen molar-refractivity contribution in [3.05, 3.63) is 96.4 Å². The van der Waals surface area contributed by atoms with Gasteiger partial charge in [-0.1, -0.05) is 42.5 Å². The number of nitrogens with one attached hydrogen (secondary N) is 2. The Balaban J connectivity index is 1.41. The molecule has 162 valence electrons. The van der Waals surface area contributed by atoms with Gasteiger partial charge in [-0.05, 0) is 29.8 Å². The first-order chi connectivity index (χ1) is 16.1. The van der Waals surface area contributed by atoms with E-state index in [1.807, 2.05) is 36.4 Å². The van der Waals surface area contributed by atoms with Gasteiger partial charge in [-0.3, -0.25) is 14.3 Å². The maximum atomic E-state index is 12.5. The minimum Gasteiger partial charge on any atom is -0.435 e. The van der Waals surface area contributed by atoms with E-state index in [-0.39, 0.29) is 22.9 Å². The van der Waals surface area contributed by atoms with Crippen LogP contribution in [-0.4, -0.2) is 26.6 Å². The topological polar surface area (TPSA) is 122 Å². The van der Waals surface area contributed by atoms with Crippen molar-refractivity contribution in [2.75, 3.05) is 10.6 Å². The highest BCUT2D eigenvalue weighted by Gasteiger charge is 2.18. The van der Waals surface area contributed by atoms with Gasteiger partial charge >= 0.3 is 11.8 Å². The van der Waals surface area contributed by atoms with Gasteiger partial charge in [0.1, 0.15) is 11.6 Å². The van der Waals surface area contributed by atoms with E-state index < -0.39 is 11.8 Å². The van der Waals surface area contributed by atoms with Gasteiger partial charge in [-0.2, -0.15) is 10.4 Å². The normalized spacial score (nSPS) is 10.2. The molecule has 2 aromatic heterocycles. The van der Waals surface area contributed by atoms with E-state index in [4.69, 9.17) is 4.74 Å². The molecule has 0 saturated heterocycles. The number of anilines is 2. The summed E-state index contributed by atoms with van der Waals surface area (Å²) in [6, 6.07) is 21.5. The van der Waals surface area contributed by atoms with Crippen LogP contribution in [0, 0.1) is 11.3 Å². The Hall–Kier alpha value is -4.97. The molecule has 2 amide bonds. The number of hydrogen-bond acceptors (Lipinski definition) is 6. The van der Waals surface area contributed by atoms with Crippen molar-refractivity contribution in [1.29, 1.82) is 5.26 Å². The second-order valence-electron chi connectivity index (χ2n) is 6.89. The molecule has 0 saturated carbocycles. The number of rotatable bonds is 6. The van der Waals surface area contributed by atoms with Crippen LogP contribution in [-0.2, 0) is 16.1 Å². The molecule has 2 aromatic carbocycles. The number of nitriles is 1. The van der Waals surface area contributed by atoms with Gasteiger partial charge in [0.15, 0.2) is 5.75 Å². The first-order valence-corrected chi connectivity index (χ1v) is 9.93. The van der Waals surface area contributed by atoms with Crippen molar-refractivity contribution < 1.29 is 14.3 Å². The maximum Gasteiger partial charge on any atom is 0.314 e. The van der Waals surface area contributed by atoms with Crippen LogP contribution in [0.4, 0.5) is 11.4 Å². The first kappa shape index (κ1) is 21.3. The number of amides is 2. The summed E-state index contributed by atoms with van der Waals surface area (Å²) in [6.07, 6.45) is 4.60. The summed E-state index contributed by atoms with van der Waals surface area (Å²) in [5.74, 6) is -1.41. The monoisotopic (exact) mass is 438 g/mol. The average molecular weight is 438 g/mol. The third kappa shape index (κ3) is 5.39. The van der Waals surface area contributed by atoms with Crippen LogP contribution >= 0.6 is 0 Å². The lowest BCUT2D eigenvalue weighted by Gasteiger charge is -2.12. The number of pyridine rings is 1. The van der Waals surface area contributed by atoms with Crippen molar-refractivity contribution >= 4 is 23.2 Å². The van der Waals surface area contributed by atoms with E-state index in [1.165, 1.54) is 12.4 Å². The van der Waals surface area contributed by atoms with E-state index in [0.717, 1.165) is 5.56 Å². The maximum absolute atomic E-state index is 12.5. The molecular formula is C24H18N6O3. The highest BCUT2D eigenvalue weighted by molar-refractivity contribution is 6.43. The summed E-state index contributed by atoms with van der Waals surface area (Å²) in [4.78, 5) is 28.9. The molecule has 0 radical (unpaired) electrons. The Morgan fingerprint density at radius 3 is 2.55 bits per heavy atom. The number of aromatic nitrogens is 3. The molecule has 0 aliphatic heterocycles. The lowest BCUT2D eigenvalue weighted by atomic mass is 10.2. The fourth-order valence-corrected chi connectivity index (χ4v) is 2.97. The first-order valence-electron chi connectivity index (χ1n) is 9.93. The van der Waals surface area contributed by atoms with Crippen molar-refractivity contribution in [1.82, 2.24) is 14.8 Å². The van der Waals surface area contributed by atoms with Crippen LogP contribution < -0.4 is 15.4 Å². The summed E-state index contributed by atoms with van der Waals surface area (Å²) in [6.45, 7) is 0.534. The van der Waals surface area contributed by atoms with Gasteiger partial charge in [0.25, 0.3) is 0 Å². The SMILES string of the molecule is N#Cc1cccnc1Oc1ccccc1NC(=O)C(=O)Nc1cnn(Cc2ccccc2)c1. The van der Waals surface area contributed by atoms with Crippen LogP contribution in [0.1, 0.15) is 11.1 Å². The molecule has 2 heterocycles. The summed E-state index contributed by atoms with van der Waals surface area (Å²) < 4.78 is 7.36. The summed E-state index contributed by atoms with van der Waals surface area (Å²) in [7, 11) is 0. The van der Waals surface area contributed by atoms with E-state index in [9.17, 15) is 14.9 Å². The zero-order valence-corrected chi connectivity index (χ0v) is 17.3. The largest absolute Gasteiger partial charge is 0.435 e. The zero-order valence-electron chi connectivity index (χ0n) is 17.3. The van der Waals surface area contributed by atoms with Crippen LogP contribution in [0.3, 0.4) is 0 Å². The third-order valence-electron chi connectivity index (χ3n) is 4.52. The highest BCUT2D eigenvalue weighted by atomic mass is 16.5. The number of nitrogens with zero attached hydrogens (tertiary/aromatic N) is 4. The third-order valence-corrected chi connectivity index (χ3v) is 4.52. The number of ether oxygens (including phenoxy) is 1. The number of hydrogen-bond donors (Lipinski definition) is 2. The molecule has 0 unspecified atom stereocenters. The fraction of sp³-hybridized carbons (Fsp3) is 0.0417. The van der Waals surface area contributed by atoms with Gasteiger partial charge in [-0.15, -0.1) is 0 Å². The standard InChI is InChI=1S/C24H18N6O3/c25-13-18-9-6-12-26-24(18)33-21-11-5-4-10-20(21)29-23(32)22(31)28-19-14-27-30(16-19)15-17-7-2-1-3-8-17/h1-12,14,16H,15H2,(H,28,31)(H,29,32). The highest BCUT2D eigenvalue weighted by Crippen LogP contribution is 2.29. The number of carbonyl (C=O) groups excluding carboxylic acids is 2. The fourth-order valence-electron chi connectivity index (χ4n) is 2.97. The van der Waals surface area contributed by atoms with Crippen LogP contribution in [0.25, 0.3) is 0 Å². The number of para-hydroxylation sites is 2. The molecule has 4 rings (SSSR count). The minimum atomic E-state index is -0.886. The van der Waals surface area contributed by atoms with E-state index in [1.54, 1.807) is 47.3 Å². The van der Waals surface area contributed by atoms with Crippen molar-refractivity contribution in [2.24, 2.45) is 0 Å². The molecule has 33 heavy (non-hydrogen) atoms. The lowest BCUT2D eigenvalue weighted by molar-refractivity contribution is -0.133. The average Bonchev–Trinajstić information content (AvgIpc) is 3.27. The molecule has 2 N–H and O–H groups in total. The Kier molecular flexibility index (Phi) is 6.38. The van der Waals surface area contributed by atoms with Crippen molar-refractivity contribution in [3.8, 4) is 17.7 Å². The second-order valence-corrected chi connectivity index (χ2v) is 6.89. The van der Waals surface area contributed by atoms with Crippen LogP contribution in [0.2, 0.25) is 0 Å². The Morgan fingerprint density at radius 1 is 0.970 bits per heavy atom. The molecule has 0 fully saturated rings. The molecule has 0 atom stereocenters. The van der Waals surface area contributed by atoms with E-state index in [2.05, 4.69) is 20.7 Å². The second kappa shape index (κ2) is 9.89. The Morgan fingerprint density at radius 2 is 1.73 bits per heavy atom. The molecule has 0 aliphatic carbocycles. The van der Waals surface area contributed by atoms with Gasteiger partial charge in [0.05, 0.1) is 24.1 Å². The predicted molar refractivity (Wildman–Crippen MR) is 120 cm³/mol. The molecule has 4 aromatic rings. The summed E-state index contributed by atoms with van der Waals surface area (Å²) in [5, 5.41) is 18.5. The molecule has 9 heteroatoms. The van der Waals surface area contributed by atoms with Crippen LogP contribution in [0.5, 0.6) is 11.6 Å². The molecular weight excluding hydrogens is 420 g/mol. The summed E-state index contributed by atoms with van der Waals surface area (Å²) in [5.41, 5.74) is 1.94. The predicted octanol–water partition coefficient (Wildman–Crippen LogP) is 3.57. The Bertz CT molecular complexity index is 1330. The number of benzene rings is 2. The lowest BCUT2D eigenvalue weighted by Crippen LogP contribution is -2.29. The van der Waals surface area contributed by atoms with Gasteiger partial charge in [-0.25, -0.2) is 4.98 Å². The molecule has 0 bridgehead atoms. The van der Waals surface area contributed by atoms with Crippen molar-refractivity contribution in [2.45, 2.75) is 6.54 Å². The quantitative estimate of drug-likeness (QED) is 0.444. The smallest absolute Gasteiger partial charge is 0.314 e. The van der Waals surface area contributed by atoms with Crippen LogP contribution in [0.15, 0.2) is 85.3 Å². The number of carbonyl (C=O) groups is 2. The summed E-state index contributed by atoms with van der Waals surface area (Å²) >= 11 is 0. The zero-order chi connectivity index (χ0) is 23.0. The molecule has 9 nitrogen and oxygen atoms in total. The van der Waals surface area contributed by atoms with E-state index in [0.29, 0.717) is 12.2 Å². The molecule has 0 spiro atoms. The minimum absolute atomic E-state index is 0.0944. The van der Waals surface area contributed by atoms with Gasteiger partial charge in [0.2, 0.25) is 5.88 Å². The van der Waals surface area contributed by atoms with Gasteiger partial charge < -0.3 is 15.4 Å². The van der Waals surface area contributed by atoms with Gasteiger partial charge in [0, 0.05) is 12.4 Å². The van der Waals surface area contributed by atoms with E-state index >= 15 is 0 Å². The molecule has 0 aliphatic rings. The van der Waals surface area contributed by atoms with Crippen molar-refractivity contribution in [3.63, 3.8) is 0 Å².